The van der Waals surface area contributed by atoms with Crippen molar-refractivity contribution in [2.45, 2.75) is 51.6 Å². The van der Waals surface area contributed by atoms with Crippen LogP contribution in [0.15, 0.2) is 30.3 Å². The van der Waals surface area contributed by atoms with Gasteiger partial charge in [0.2, 0.25) is 5.91 Å². The van der Waals surface area contributed by atoms with Crippen LogP contribution in [0.25, 0.3) is 0 Å². The minimum Gasteiger partial charge on any atom is -0.349 e. The lowest BCUT2D eigenvalue weighted by Crippen LogP contribution is -2.40. The lowest BCUT2D eigenvalue weighted by atomic mass is 9.85. The highest BCUT2D eigenvalue weighted by Gasteiger charge is 2.28. The largest absolute Gasteiger partial charge is 0.349 e. The van der Waals surface area contributed by atoms with E-state index in [-0.39, 0.29) is 23.9 Å². The molecule has 0 aliphatic heterocycles. The molecule has 3 unspecified atom stereocenters. The molecule has 3 atom stereocenters. The molecule has 1 aliphatic rings. The van der Waals surface area contributed by atoms with E-state index in [9.17, 15) is 4.79 Å². The molecule has 1 saturated carbocycles. The Morgan fingerprint density at radius 2 is 1.95 bits per heavy atom. The maximum Gasteiger partial charge on any atom is 0.223 e. The second-order valence-electron chi connectivity index (χ2n) is 6.26. The molecule has 1 aliphatic carbocycles. The Morgan fingerprint density at radius 3 is 2.55 bits per heavy atom. The third kappa shape index (κ3) is 3.83. The summed E-state index contributed by atoms with van der Waals surface area (Å²) in [4.78, 5) is 12.5. The Hall–Kier alpha value is -1.35. The molecular weight excluding hydrogens is 248 g/mol. The van der Waals surface area contributed by atoms with Gasteiger partial charge in [-0.2, -0.15) is 0 Å². The summed E-state index contributed by atoms with van der Waals surface area (Å²) in [7, 11) is 0. The molecule has 110 valence electrons. The molecule has 0 saturated heterocycles. The molecule has 3 N–H and O–H groups in total. The van der Waals surface area contributed by atoms with Crippen LogP contribution in [0.2, 0.25) is 0 Å². The molecule has 0 spiro atoms. The van der Waals surface area contributed by atoms with E-state index >= 15 is 0 Å². The maximum atomic E-state index is 12.5. The van der Waals surface area contributed by atoms with Gasteiger partial charge in [-0.1, -0.05) is 50.6 Å². The molecule has 0 radical (unpaired) electrons. The molecule has 3 heteroatoms. The normalized spacial score (nSPS) is 24.4. The van der Waals surface area contributed by atoms with Gasteiger partial charge in [-0.05, 0) is 30.7 Å². The summed E-state index contributed by atoms with van der Waals surface area (Å²) < 4.78 is 0. The Bertz CT molecular complexity index is 430. The number of nitrogens with two attached hydrogens (primary N) is 1. The van der Waals surface area contributed by atoms with Crippen LogP contribution in [-0.4, -0.2) is 11.9 Å². The highest BCUT2D eigenvalue weighted by Crippen LogP contribution is 2.26. The number of amides is 1. The third-order valence-electron chi connectivity index (χ3n) is 4.21. The average Bonchev–Trinajstić information content (AvgIpc) is 2.45. The molecule has 20 heavy (non-hydrogen) atoms. The molecule has 0 aromatic heterocycles. The first-order chi connectivity index (χ1) is 9.58. The lowest BCUT2D eigenvalue weighted by molar-refractivity contribution is -0.127. The zero-order valence-corrected chi connectivity index (χ0v) is 12.5. The van der Waals surface area contributed by atoms with Crippen LogP contribution in [-0.2, 0) is 4.79 Å². The molecule has 1 aromatic carbocycles. The van der Waals surface area contributed by atoms with E-state index < -0.39 is 0 Å². The summed E-state index contributed by atoms with van der Waals surface area (Å²) in [6, 6.07) is 10.5. The quantitative estimate of drug-likeness (QED) is 0.886. The second kappa shape index (κ2) is 6.89. The highest BCUT2D eigenvalue weighted by atomic mass is 16.1. The van der Waals surface area contributed by atoms with Crippen molar-refractivity contribution in [1.29, 1.82) is 0 Å². The Kier molecular flexibility index (Phi) is 5.18. The number of nitrogens with one attached hydrogen (secondary N) is 1. The number of hydrogen-bond acceptors (Lipinski definition) is 2. The van der Waals surface area contributed by atoms with Gasteiger partial charge in [0.1, 0.15) is 0 Å². The maximum absolute atomic E-state index is 12.5. The standard InChI is InChI=1S/C17H26N2O/c1-12(2)16(13-7-4-3-5-8-13)19-17(20)14-9-6-10-15(18)11-14/h3-5,7-8,12,14-16H,6,9-11,18H2,1-2H3,(H,19,20). The van der Waals surface area contributed by atoms with Crippen LogP contribution in [0.5, 0.6) is 0 Å². The summed E-state index contributed by atoms with van der Waals surface area (Å²) in [5.41, 5.74) is 7.16. The smallest absolute Gasteiger partial charge is 0.223 e. The van der Waals surface area contributed by atoms with Gasteiger partial charge in [0.05, 0.1) is 6.04 Å². The number of rotatable bonds is 4. The number of carbonyl (C=O) groups excluding carboxylic acids is 1. The first-order valence-electron chi connectivity index (χ1n) is 7.69. The first-order valence-corrected chi connectivity index (χ1v) is 7.69. The van der Waals surface area contributed by atoms with E-state index in [1.54, 1.807) is 0 Å². The second-order valence-corrected chi connectivity index (χ2v) is 6.26. The molecule has 0 bridgehead atoms. The van der Waals surface area contributed by atoms with Gasteiger partial charge in [0, 0.05) is 12.0 Å². The van der Waals surface area contributed by atoms with E-state index in [1.807, 2.05) is 18.2 Å². The fourth-order valence-electron chi connectivity index (χ4n) is 3.03. The SMILES string of the molecule is CC(C)C(NC(=O)C1CCCC(N)C1)c1ccccc1. The fraction of sp³-hybridized carbons (Fsp3) is 0.588. The molecular formula is C17H26N2O. The number of carbonyl (C=O) groups is 1. The molecule has 3 nitrogen and oxygen atoms in total. The van der Waals surface area contributed by atoms with Crippen molar-refractivity contribution in [2.75, 3.05) is 0 Å². The van der Waals surface area contributed by atoms with Gasteiger partial charge in [0.15, 0.2) is 0 Å². The predicted octanol–water partition coefficient (Wildman–Crippen LogP) is 3.02. The monoisotopic (exact) mass is 274 g/mol. The van der Waals surface area contributed by atoms with Crippen molar-refractivity contribution >= 4 is 5.91 Å². The van der Waals surface area contributed by atoms with Gasteiger partial charge in [-0.15, -0.1) is 0 Å². The summed E-state index contributed by atoms with van der Waals surface area (Å²) >= 11 is 0. The van der Waals surface area contributed by atoms with Crippen LogP contribution < -0.4 is 11.1 Å². The minimum atomic E-state index is 0.0850. The van der Waals surface area contributed by atoms with Crippen molar-refractivity contribution in [3.05, 3.63) is 35.9 Å². The molecule has 0 heterocycles. The van der Waals surface area contributed by atoms with Gasteiger partial charge in [-0.25, -0.2) is 0 Å². The zero-order chi connectivity index (χ0) is 14.5. The number of benzene rings is 1. The molecule has 1 aromatic rings. The average molecular weight is 274 g/mol. The topological polar surface area (TPSA) is 55.1 Å². The van der Waals surface area contributed by atoms with Crippen molar-refractivity contribution in [3.63, 3.8) is 0 Å². The summed E-state index contributed by atoms with van der Waals surface area (Å²) in [6.07, 6.45) is 3.91. The zero-order valence-electron chi connectivity index (χ0n) is 12.5. The Labute approximate surface area is 121 Å². The molecule has 1 fully saturated rings. The van der Waals surface area contributed by atoms with Crippen molar-refractivity contribution in [1.82, 2.24) is 5.32 Å². The summed E-state index contributed by atoms with van der Waals surface area (Å²) in [5, 5.41) is 3.23. The van der Waals surface area contributed by atoms with Crippen LogP contribution in [0.1, 0.15) is 51.1 Å². The van der Waals surface area contributed by atoms with E-state index in [4.69, 9.17) is 5.73 Å². The van der Waals surface area contributed by atoms with Crippen LogP contribution in [0, 0.1) is 11.8 Å². The summed E-state index contributed by atoms with van der Waals surface area (Å²) in [5.74, 6) is 0.630. The van der Waals surface area contributed by atoms with E-state index in [1.165, 1.54) is 5.56 Å². The highest BCUT2D eigenvalue weighted by molar-refractivity contribution is 5.79. The third-order valence-corrected chi connectivity index (χ3v) is 4.21. The van der Waals surface area contributed by atoms with Gasteiger partial charge in [-0.3, -0.25) is 4.79 Å². The molecule has 2 rings (SSSR count). The Balaban J connectivity index is 2.03. The number of hydrogen-bond donors (Lipinski definition) is 2. The predicted molar refractivity (Wildman–Crippen MR) is 82.1 cm³/mol. The molecule has 1 amide bonds. The van der Waals surface area contributed by atoms with Crippen molar-refractivity contribution in [3.8, 4) is 0 Å². The van der Waals surface area contributed by atoms with Crippen LogP contribution in [0.4, 0.5) is 0 Å². The Morgan fingerprint density at radius 1 is 1.25 bits per heavy atom. The van der Waals surface area contributed by atoms with Crippen molar-refractivity contribution < 1.29 is 4.79 Å². The van der Waals surface area contributed by atoms with Gasteiger partial charge < -0.3 is 11.1 Å². The van der Waals surface area contributed by atoms with Crippen molar-refractivity contribution in [2.24, 2.45) is 17.6 Å². The van der Waals surface area contributed by atoms with E-state index in [2.05, 4.69) is 31.3 Å². The van der Waals surface area contributed by atoms with Gasteiger partial charge >= 0.3 is 0 Å². The minimum absolute atomic E-state index is 0.0850. The first kappa shape index (κ1) is 15.0. The summed E-state index contributed by atoms with van der Waals surface area (Å²) in [6.45, 7) is 4.29. The van der Waals surface area contributed by atoms with E-state index in [0.29, 0.717) is 5.92 Å². The fourth-order valence-corrected chi connectivity index (χ4v) is 3.03. The lowest BCUT2D eigenvalue weighted by Gasteiger charge is -2.29. The van der Waals surface area contributed by atoms with Gasteiger partial charge in [0.25, 0.3) is 0 Å². The van der Waals surface area contributed by atoms with Crippen LogP contribution in [0.3, 0.4) is 0 Å². The van der Waals surface area contributed by atoms with E-state index in [0.717, 1.165) is 25.7 Å². The van der Waals surface area contributed by atoms with Crippen LogP contribution >= 0.6 is 0 Å².